The maximum atomic E-state index is 5.77. The third-order valence-corrected chi connectivity index (χ3v) is 2.78. The zero-order valence-electron chi connectivity index (χ0n) is 8.86. The van der Waals surface area contributed by atoms with E-state index < -0.39 is 0 Å². The summed E-state index contributed by atoms with van der Waals surface area (Å²) >= 11 is 0. The molecule has 0 aromatic heterocycles. The van der Waals surface area contributed by atoms with Crippen LogP contribution in [0.4, 0.5) is 0 Å². The van der Waals surface area contributed by atoms with E-state index in [4.69, 9.17) is 4.74 Å². The van der Waals surface area contributed by atoms with Gasteiger partial charge in [0.05, 0.1) is 12.7 Å². The largest absolute Gasteiger partial charge is 0.388 e. The second-order valence-electron chi connectivity index (χ2n) is 3.96. The lowest BCUT2D eigenvalue weighted by Gasteiger charge is -2.35. The first-order chi connectivity index (χ1) is 7.38. The monoisotopic (exact) mass is 203 g/mol. The van der Waals surface area contributed by atoms with Gasteiger partial charge in [-0.1, -0.05) is 36.9 Å². The van der Waals surface area contributed by atoms with Crippen LogP contribution in [0.5, 0.6) is 0 Å². The van der Waals surface area contributed by atoms with Crippen molar-refractivity contribution in [1.29, 1.82) is 0 Å². The standard InChI is InChI=1S/C13H17NO/c1-2-14-12-8-13(9-12)15-10-11-6-4-3-5-7-11/h2-7,12-14H,1,8-10H2/t12-,13+. The van der Waals surface area contributed by atoms with Crippen LogP contribution in [-0.4, -0.2) is 12.1 Å². The molecule has 1 aromatic rings. The molecule has 0 unspecified atom stereocenters. The molecule has 1 aromatic carbocycles. The Morgan fingerprint density at radius 1 is 1.33 bits per heavy atom. The van der Waals surface area contributed by atoms with E-state index in [9.17, 15) is 0 Å². The Bertz CT molecular complexity index is 304. The molecule has 80 valence electrons. The first-order valence-electron chi connectivity index (χ1n) is 5.41. The van der Waals surface area contributed by atoms with Gasteiger partial charge in [-0.05, 0) is 24.6 Å². The summed E-state index contributed by atoms with van der Waals surface area (Å²) in [5, 5.41) is 3.19. The molecule has 2 heteroatoms. The van der Waals surface area contributed by atoms with E-state index in [1.54, 1.807) is 6.20 Å². The van der Waals surface area contributed by atoms with E-state index in [1.165, 1.54) is 5.56 Å². The minimum Gasteiger partial charge on any atom is -0.388 e. The first-order valence-corrected chi connectivity index (χ1v) is 5.41. The van der Waals surface area contributed by atoms with Crippen molar-refractivity contribution >= 4 is 0 Å². The fourth-order valence-corrected chi connectivity index (χ4v) is 1.79. The summed E-state index contributed by atoms with van der Waals surface area (Å²) in [5.74, 6) is 0. The number of benzene rings is 1. The fraction of sp³-hybridized carbons (Fsp3) is 0.385. The van der Waals surface area contributed by atoms with Gasteiger partial charge in [0, 0.05) is 6.04 Å². The summed E-state index contributed by atoms with van der Waals surface area (Å²) < 4.78 is 5.77. The molecule has 1 N–H and O–H groups in total. The Morgan fingerprint density at radius 3 is 2.73 bits per heavy atom. The Kier molecular flexibility index (Phi) is 3.41. The van der Waals surface area contributed by atoms with Crippen LogP contribution >= 0.6 is 0 Å². The highest BCUT2D eigenvalue weighted by atomic mass is 16.5. The van der Waals surface area contributed by atoms with Crippen LogP contribution in [0.1, 0.15) is 18.4 Å². The summed E-state index contributed by atoms with van der Waals surface area (Å²) in [6.07, 6.45) is 4.37. The van der Waals surface area contributed by atoms with E-state index in [2.05, 4.69) is 24.0 Å². The quantitative estimate of drug-likeness (QED) is 0.793. The molecule has 1 saturated carbocycles. The third-order valence-electron chi connectivity index (χ3n) is 2.78. The molecule has 1 aliphatic rings. The maximum Gasteiger partial charge on any atom is 0.0720 e. The Balaban J connectivity index is 1.66. The van der Waals surface area contributed by atoms with E-state index in [0.717, 1.165) is 19.4 Å². The average molecular weight is 203 g/mol. The van der Waals surface area contributed by atoms with Gasteiger partial charge in [0.2, 0.25) is 0 Å². The number of rotatable bonds is 5. The normalized spacial score (nSPS) is 24.3. The molecule has 0 atom stereocenters. The fourth-order valence-electron chi connectivity index (χ4n) is 1.79. The van der Waals surface area contributed by atoms with Gasteiger partial charge in [0.25, 0.3) is 0 Å². The number of hydrogen-bond donors (Lipinski definition) is 1. The second-order valence-corrected chi connectivity index (χ2v) is 3.96. The minimum absolute atomic E-state index is 0.419. The number of ether oxygens (including phenoxy) is 1. The summed E-state index contributed by atoms with van der Waals surface area (Å²) in [6, 6.07) is 10.9. The Hall–Kier alpha value is -1.28. The van der Waals surface area contributed by atoms with Crippen molar-refractivity contribution in [3.8, 4) is 0 Å². The van der Waals surface area contributed by atoms with Crippen molar-refractivity contribution in [3.05, 3.63) is 48.7 Å². The highest BCUT2D eigenvalue weighted by molar-refractivity contribution is 5.13. The summed E-state index contributed by atoms with van der Waals surface area (Å²) in [4.78, 5) is 0. The smallest absolute Gasteiger partial charge is 0.0720 e. The van der Waals surface area contributed by atoms with Crippen molar-refractivity contribution in [2.24, 2.45) is 0 Å². The lowest BCUT2D eigenvalue weighted by molar-refractivity contribution is -0.0239. The molecule has 0 saturated heterocycles. The third kappa shape index (κ3) is 2.83. The van der Waals surface area contributed by atoms with Crippen LogP contribution in [0, 0.1) is 0 Å². The van der Waals surface area contributed by atoms with Gasteiger partial charge in [-0.25, -0.2) is 0 Å². The average Bonchev–Trinajstić information content (AvgIpc) is 2.23. The highest BCUT2D eigenvalue weighted by Crippen LogP contribution is 2.24. The molecule has 0 spiro atoms. The van der Waals surface area contributed by atoms with Crippen molar-refractivity contribution in [2.45, 2.75) is 31.6 Å². The van der Waals surface area contributed by atoms with E-state index in [-0.39, 0.29) is 0 Å². The van der Waals surface area contributed by atoms with Gasteiger partial charge in [-0.3, -0.25) is 0 Å². The number of nitrogens with one attached hydrogen (secondary N) is 1. The van der Waals surface area contributed by atoms with Crippen LogP contribution < -0.4 is 5.32 Å². The lowest BCUT2D eigenvalue weighted by atomic mass is 9.89. The van der Waals surface area contributed by atoms with Gasteiger partial charge < -0.3 is 10.1 Å². The molecule has 0 radical (unpaired) electrons. The van der Waals surface area contributed by atoms with Gasteiger partial charge >= 0.3 is 0 Å². The maximum absolute atomic E-state index is 5.77. The summed E-state index contributed by atoms with van der Waals surface area (Å²) in [6.45, 7) is 4.38. The predicted octanol–water partition coefficient (Wildman–Crippen LogP) is 2.47. The highest BCUT2D eigenvalue weighted by Gasteiger charge is 2.28. The Morgan fingerprint density at radius 2 is 2.07 bits per heavy atom. The Labute approximate surface area is 91.0 Å². The molecule has 0 amide bonds. The molecule has 2 nitrogen and oxygen atoms in total. The van der Waals surface area contributed by atoms with Crippen molar-refractivity contribution in [2.75, 3.05) is 0 Å². The van der Waals surface area contributed by atoms with E-state index >= 15 is 0 Å². The summed E-state index contributed by atoms with van der Waals surface area (Å²) in [5.41, 5.74) is 1.25. The molecule has 0 aliphatic heterocycles. The molecule has 15 heavy (non-hydrogen) atoms. The van der Waals surface area contributed by atoms with Crippen molar-refractivity contribution < 1.29 is 4.74 Å². The first kappa shape index (κ1) is 10.2. The van der Waals surface area contributed by atoms with Crippen LogP contribution in [-0.2, 0) is 11.3 Å². The predicted molar refractivity (Wildman–Crippen MR) is 61.4 cm³/mol. The SMILES string of the molecule is C=CN[C@H]1C[C@@H](OCc2ccccc2)C1. The summed E-state index contributed by atoms with van der Waals surface area (Å²) in [7, 11) is 0. The molecule has 0 bridgehead atoms. The zero-order valence-corrected chi connectivity index (χ0v) is 8.86. The van der Waals surface area contributed by atoms with Crippen LogP contribution in [0.25, 0.3) is 0 Å². The van der Waals surface area contributed by atoms with Gasteiger partial charge in [-0.15, -0.1) is 0 Å². The van der Waals surface area contributed by atoms with Crippen molar-refractivity contribution in [3.63, 3.8) is 0 Å². The van der Waals surface area contributed by atoms with Gasteiger partial charge in [0.1, 0.15) is 0 Å². The molecule has 2 rings (SSSR count). The van der Waals surface area contributed by atoms with Crippen molar-refractivity contribution in [1.82, 2.24) is 5.32 Å². The molecule has 1 fully saturated rings. The second kappa shape index (κ2) is 4.99. The van der Waals surface area contributed by atoms with Crippen LogP contribution in [0.3, 0.4) is 0 Å². The van der Waals surface area contributed by atoms with Crippen LogP contribution in [0.15, 0.2) is 43.1 Å². The molecule has 1 aliphatic carbocycles. The van der Waals surface area contributed by atoms with Crippen LogP contribution in [0.2, 0.25) is 0 Å². The van der Waals surface area contributed by atoms with E-state index in [1.807, 2.05) is 18.2 Å². The van der Waals surface area contributed by atoms with Gasteiger partial charge in [-0.2, -0.15) is 0 Å². The topological polar surface area (TPSA) is 21.3 Å². The number of hydrogen-bond acceptors (Lipinski definition) is 2. The zero-order chi connectivity index (χ0) is 10.5. The van der Waals surface area contributed by atoms with Gasteiger partial charge in [0.15, 0.2) is 0 Å². The molecular formula is C13H17NO. The lowest BCUT2D eigenvalue weighted by Crippen LogP contribution is -2.43. The minimum atomic E-state index is 0.419. The molecular weight excluding hydrogens is 186 g/mol. The van der Waals surface area contributed by atoms with E-state index in [0.29, 0.717) is 12.1 Å². The molecule has 0 heterocycles.